The number of nitrogens with zero attached hydrogens (tertiary/aromatic N) is 1. The fourth-order valence-corrected chi connectivity index (χ4v) is 2.41. The molecule has 5 nitrogen and oxygen atoms in total. The third-order valence-electron chi connectivity index (χ3n) is 3.77. The van der Waals surface area contributed by atoms with Gasteiger partial charge in [0.15, 0.2) is 0 Å². The first kappa shape index (κ1) is 18.0. The van der Waals surface area contributed by atoms with Crippen LogP contribution < -0.4 is 5.32 Å². The van der Waals surface area contributed by atoms with Crippen LogP contribution in [-0.2, 0) is 14.3 Å². The Kier molecular flexibility index (Phi) is 7.15. The van der Waals surface area contributed by atoms with Gasteiger partial charge in [0.05, 0.1) is 6.61 Å². The van der Waals surface area contributed by atoms with Gasteiger partial charge in [-0.05, 0) is 31.6 Å². The van der Waals surface area contributed by atoms with E-state index in [0.29, 0.717) is 38.0 Å². The number of nitrogens with one attached hydrogen (secondary N) is 1. The van der Waals surface area contributed by atoms with E-state index in [1.54, 1.807) is 11.8 Å². The lowest BCUT2D eigenvalue weighted by Gasteiger charge is -2.37. The molecule has 1 fully saturated rings. The van der Waals surface area contributed by atoms with Crippen LogP contribution in [-0.4, -0.2) is 48.6 Å². The van der Waals surface area contributed by atoms with Gasteiger partial charge in [-0.1, -0.05) is 27.7 Å². The monoisotopic (exact) mass is 298 g/mol. The lowest BCUT2D eigenvalue weighted by molar-refractivity contribution is -0.149. The zero-order valence-electron chi connectivity index (χ0n) is 14.0. The fourth-order valence-electron chi connectivity index (χ4n) is 2.41. The zero-order chi connectivity index (χ0) is 16.0. The summed E-state index contributed by atoms with van der Waals surface area (Å²) in [6.45, 7) is 11.9. The van der Waals surface area contributed by atoms with Crippen molar-refractivity contribution in [2.75, 3.05) is 19.8 Å². The van der Waals surface area contributed by atoms with Crippen molar-refractivity contribution in [3.05, 3.63) is 0 Å². The standard InChI is InChI=1S/C16H30N2O3/c1-11(2)6-8-21-9-7-18-13(5)15(19)17-14(16(18)20)10-12(3)4/h11-14H,6-10H2,1-5H3,(H,17,19). The smallest absolute Gasteiger partial charge is 0.245 e. The van der Waals surface area contributed by atoms with Gasteiger partial charge in [-0.25, -0.2) is 0 Å². The number of hydrogen-bond acceptors (Lipinski definition) is 3. The summed E-state index contributed by atoms with van der Waals surface area (Å²) in [4.78, 5) is 26.1. The maximum absolute atomic E-state index is 12.4. The van der Waals surface area contributed by atoms with Crippen LogP contribution in [0, 0.1) is 11.8 Å². The highest BCUT2D eigenvalue weighted by Gasteiger charge is 2.37. The lowest BCUT2D eigenvalue weighted by Crippen LogP contribution is -2.63. The highest BCUT2D eigenvalue weighted by atomic mass is 16.5. The van der Waals surface area contributed by atoms with Crippen molar-refractivity contribution >= 4 is 11.8 Å². The van der Waals surface area contributed by atoms with E-state index in [0.717, 1.165) is 6.42 Å². The van der Waals surface area contributed by atoms with Crippen LogP contribution >= 0.6 is 0 Å². The predicted molar refractivity (Wildman–Crippen MR) is 82.8 cm³/mol. The van der Waals surface area contributed by atoms with Gasteiger partial charge in [-0.15, -0.1) is 0 Å². The Morgan fingerprint density at radius 1 is 1.14 bits per heavy atom. The normalized spacial score (nSPS) is 23.1. The van der Waals surface area contributed by atoms with E-state index in [9.17, 15) is 9.59 Å². The molecule has 122 valence electrons. The molecule has 1 heterocycles. The van der Waals surface area contributed by atoms with Gasteiger partial charge in [0.25, 0.3) is 0 Å². The molecule has 0 saturated carbocycles. The van der Waals surface area contributed by atoms with Crippen LogP contribution in [0.2, 0.25) is 0 Å². The molecule has 1 aliphatic rings. The maximum Gasteiger partial charge on any atom is 0.245 e. The summed E-state index contributed by atoms with van der Waals surface area (Å²) in [5.41, 5.74) is 0. The van der Waals surface area contributed by atoms with Crippen molar-refractivity contribution in [2.45, 2.75) is 59.5 Å². The van der Waals surface area contributed by atoms with Crippen molar-refractivity contribution in [3.63, 3.8) is 0 Å². The number of carbonyl (C=O) groups excluding carboxylic acids is 2. The molecule has 1 saturated heterocycles. The van der Waals surface area contributed by atoms with Crippen molar-refractivity contribution < 1.29 is 14.3 Å². The molecule has 21 heavy (non-hydrogen) atoms. The Balaban J connectivity index is 2.48. The van der Waals surface area contributed by atoms with E-state index in [2.05, 4.69) is 33.0 Å². The second-order valence-corrected chi connectivity index (χ2v) is 6.69. The lowest BCUT2D eigenvalue weighted by atomic mass is 9.99. The SMILES string of the molecule is CC(C)CCOCCN1C(=O)C(CC(C)C)NC(=O)C1C. The van der Waals surface area contributed by atoms with Gasteiger partial charge < -0.3 is 15.0 Å². The van der Waals surface area contributed by atoms with Crippen LogP contribution in [0.25, 0.3) is 0 Å². The Hall–Kier alpha value is -1.10. The van der Waals surface area contributed by atoms with E-state index in [4.69, 9.17) is 4.74 Å². The van der Waals surface area contributed by atoms with Gasteiger partial charge >= 0.3 is 0 Å². The molecule has 0 aromatic rings. The number of carbonyl (C=O) groups is 2. The number of amides is 2. The van der Waals surface area contributed by atoms with Crippen LogP contribution in [0.3, 0.4) is 0 Å². The third kappa shape index (κ3) is 5.65. The quantitative estimate of drug-likeness (QED) is 0.695. The van der Waals surface area contributed by atoms with E-state index < -0.39 is 6.04 Å². The number of ether oxygens (including phenoxy) is 1. The summed E-state index contributed by atoms with van der Waals surface area (Å²) in [6, 6.07) is -0.793. The highest BCUT2D eigenvalue weighted by Crippen LogP contribution is 2.15. The molecule has 0 spiro atoms. The fraction of sp³-hybridized carbons (Fsp3) is 0.875. The topological polar surface area (TPSA) is 58.6 Å². The number of hydrogen-bond donors (Lipinski definition) is 1. The summed E-state index contributed by atoms with van der Waals surface area (Å²) in [6.07, 6.45) is 1.70. The molecule has 2 atom stereocenters. The molecule has 0 aromatic carbocycles. The molecule has 2 amide bonds. The number of piperazine rings is 1. The first-order chi connectivity index (χ1) is 9.82. The van der Waals surface area contributed by atoms with Gasteiger partial charge in [0.2, 0.25) is 11.8 Å². The van der Waals surface area contributed by atoms with E-state index in [1.807, 2.05) is 0 Å². The largest absolute Gasteiger partial charge is 0.380 e. The summed E-state index contributed by atoms with van der Waals surface area (Å²) < 4.78 is 5.57. The maximum atomic E-state index is 12.4. The number of rotatable bonds is 8. The average molecular weight is 298 g/mol. The van der Waals surface area contributed by atoms with Gasteiger partial charge in [0.1, 0.15) is 12.1 Å². The summed E-state index contributed by atoms with van der Waals surface area (Å²) in [5, 5.41) is 2.82. The molecule has 0 radical (unpaired) electrons. The molecule has 0 bridgehead atoms. The van der Waals surface area contributed by atoms with E-state index >= 15 is 0 Å². The molecule has 1 N–H and O–H groups in total. The Morgan fingerprint density at radius 3 is 2.38 bits per heavy atom. The molecular weight excluding hydrogens is 268 g/mol. The highest BCUT2D eigenvalue weighted by molar-refractivity contribution is 5.96. The summed E-state index contributed by atoms with van der Waals surface area (Å²) in [5.74, 6) is 0.934. The minimum atomic E-state index is -0.408. The Labute approximate surface area is 128 Å². The van der Waals surface area contributed by atoms with Crippen LogP contribution in [0.4, 0.5) is 0 Å². The second kappa shape index (κ2) is 8.37. The van der Waals surface area contributed by atoms with Crippen molar-refractivity contribution in [1.29, 1.82) is 0 Å². The molecule has 1 aliphatic heterocycles. The molecule has 0 aromatic heterocycles. The summed E-state index contributed by atoms with van der Waals surface area (Å²) in [7, 11) is 0. The van der Waals surface area contributed by atoms with Gasteiger partial charge in [-0.3, -0.25) is 9.59 Å². The van der Waals surface area contributed by atoms with Gasteiger partial charge in [-0.2, -0.15) is 0 Å². The van der Waals surface area contributed by atoms with Gasteiger partial charge in [0, 0.05) is 13.2 Å². The van der Waals surface area contributed by atoms with E-state index in [-0.39, 0.29) is 17.9 Å². The minimum Gasteiger partial charge on any atom is -0.380 e. The van der Waals surface area contributed by atoms with Crippen LogP contribution in [0.5, 0.6) is 0 Å². The molecule has 1 rings (SSSR count). The first-order valence-corrected chi connectivity index (χ1v) is 8.01. The van der Waals surface area contributed by atoms with Crippen molar-refractivity contribution in [3.8, 4) is 0 Å². The Morgan fingerprint density at radius 2 is 1.81 bits per heavy atom. The molecular formula is C16H30N2O3. The predicted octanol–water partition coefficient (Wildman–Crippen LogP) is 1.81. The molecule has 5 heteroatoms. The van der Waals surface area contributed by atoms with Crippen molar-refractivity contribution in [1.82, 2.24) is 10.2 Å². The van der Waals surface area contributed by atoms with Crippen LogP contribution in [0.15, 0.2) is 0 Å². The summed E-state index contributed by atoms with van der Waals surface area (Å²) >= 11 is 0. The third-order valence-corrected chi connectivity index (χ3v) is 3.77. The van der Waals surface area contributed by atoms with Crippen LogP contribution in [0.1, 0.15) is 47.5 Å². The van der Waals surface area contributed by atoms with E-state index in [1.165, 1.54) is 0 Å². The second-order valence-electron chi connectivity index (χ2n) is 6.69. The first-order valence-electron chi connectivity index (χ1n) is 8.01. The van der Waals surface area contributed by atoms with Crippen molar-refractivity contribution in [2.24, 2.45) is 11.8 Å². The average Bonchev–Trinajstić information content (AvgIpc) is 2.38. The zero-order valence-corrected chi connectivity index (χ0v) is 14.0. The minimum absolute atomic E-state index is 0.0169. The Bertz CT molecular complexity index is 355. The molecule has 2 unspecified atom stereocenters. The molecule has 0 aliphatic carbocycles.